The van der Waals surface area contributed by atoms with Crippen molar-refractivity contribution in [2.45, 2.75) is 0 Å². The number of hydrogen-bond donors (Lipinski definition) is 3. The molecule has 14 heteroatoms. The molecule has 11 nitrogen and oxygen atoms in total. The Morgan fingerprint density at radius 2 is 0.481 bits per heavy atom. The number of para-hydroxylation sites is 10. The highest BCUT2D eigenvalue weighted by molar-refractivity contribution is 9.10. The van der Waals surface area contributed by atoms with Crippen LogP contribution in [0.5, 0.6) is 5.75 Å². The lowest BCUT2D eigenvalue weighted by Crippen LogP contribution is -2.29. The van der Waals surface area contributed by atoms with E-state index in [1.165, 1.54) is 71.1 Å². The van der Waals surface area contributed by atoms with Gasteiger partial charge in [-0.3, -0.25) is 0 Å². The summed E-state index contributed by atoms with van der Waals surface area (Å²) < 4.78 is 13.1. The molecule has 1 radical (unpaired) electrons. The van der Waals surface area contributed by atoms with Crippen LogP contribution in [0, 0.1) is 0 Å². The van der Waals surface area contributed by atoms with E-state index < -0.39 is 7.12 Å². The highest BCUT2D eigenvalue weighted by Crippen LogP contribution is 2.40. The van der Waals surface area contributed by atoms with Crippen molar-refractivity contribution >= 4 is 124 Å². The van der Waals surface area contributed by atoms with Crippen molar-refractivity contribution in [3.63, 3.8) is 0 Å². The number of benzene rings is 15. The molecule has 15 aromatic carbocycles. The Labute approximate surface area is 631 Å². The number of aromatic nitrogens is 7. The number of halogens is 1. The minimum Gasteiger partial charge on any atom is -0.537 e. The molecule has 0 saturated heterocycles. The number of hydrogen-bond acceptors (Lipinski definition) is 8. The van der Waals surface area contributed by atoms with E-state index in [1.807, 2.05) is 60.7 Å². The maximum absolute atomic E-state index is 9.32. The molecule has 0 unspecified atom stereocenters. The molecule has 3 N–H and O–H groups in total. The molecule has 0 bridgehead atoms. The molecule has 0 atom stereocenters. The van der Waals surface area contributed by atoms with Gasteiger partial charge in [0.15, 0.2) is 0 Å². The standard InChI is InChI=1S/C56H36N4.C20H15B2N2O4.C18H12BrN/c1-7-17-51-45(11-1)46-12-2-8-18-52(46)59(51)43-33-29-39(30-34-43)37-21-25-41(26-22-37)55-56(58-50-16-6-5-15-49(50)57-55)42-27-23-38(24-28-42)40-31-35-44(36-32-40)60-53-19-9-3-13-47(53)48-14-4-10-20-54(48)60;25-21-28-16-11-7-14(8-12-16)20-19(13-5-9-15(10-6-13)22(26)27)23-17-3-1-2-4-18(17)24-20;19-13-9-11-14(12-10-13)20-17-7-3-1-5-15(17)16-6-2-4-8-18(16)20/h1-36H;1-12,25-27H;1-12H. The van der Waals surface area contributed by atoms with Crippen molar-refractivity contribution in [2.24, 2.45) is 0 Å². The summed E-state index contributed by atoms with van der Waals surface area (Å²) in [6, 6.07) is 125. The number of rotatable bonds is 12. The summed E-state index contributed by atoms with van der Waals surface area (Å²) in [5.74, 6) is 0.503. The quantitative estimate of drug-likeness (QED) is 0.103. The molecule has 0 aliphatic carbocycles. The number of nitrogens with zero attached hydrogens (tertiary/aromatic N) is 7. The van der Waals surface area contributed by atoms with Gasteiger partial charge in [0, 0.05) is 76.1 Å². The molecule has 0 spiro atoms. The van der Waals surface area contributed by atoms with E-state index in [-0.39, 0.29) is 0 Å². The molecule has 0 aliphatic heterocycles. The zero-order valence-corrected chi connectivity index (χ0v) is 59.6. The minimum absolute atomic E-state index is 0.404. The molecule has 108 heavy (non-hydrogen) atoms. The first kappa shape index (κ1) is 66.6. The van der Waals surface area contributed by atoms with Crippen LogP contribution in [-0.4, -0.2) is 63.5 Å². The fraction of sp³-hybridized carbons (Fsp3) is 0. The van der Waals surface area contributed by atoms with Gasteiger partial charge < -0.3 is 33.4 Å². The van der Waals surface area contributed by atoms with Gasteiger partial charge in [-0.25, -0.2) is 19.9 Å². The van der Waals surface area contributed by atoms with Gasteiger partial charge in [0.1, 0.15) is 5.75 Å². The molecule has 511 valence electrons. The Bertz CT molecular complexity index is 6310. The smallest absolute Gasteiger partial charge is 0.537 e. The van der Waals surface area contributed by atoms with Crippen LogP contribution in [0.3, 0.4) is 0 Å². The molecule has 20 rings (SSSR count). The van der Waals surface area contributed by atoms with E-state index in [9.17, 15) is 10.0 Å². The Balaban J connectivity index is 0.000000140. The lowest BCUT2D eigenvalue weighted by molar-refractivity contribution is 0.425. The van der Waals surface area contributed by atoms with Crippen LogP contribution in [0.4, 0.5) is 0 Å². The third-order valence-corrected chi connectivity index (χ3v) is 20.5. The highest BCUT2D eigenvalue weighted by atomic mass is 79.9. The fourth-order valence-electron chi connectivity index (χ4n) is 14.8. The monoisotopic (exact) mass is 1450 g/mol. The summed E-state index contributed by atoms with van der Waals surface area (Å²) in [6.07, 6.45) is 0. The van der Waals surface area contributed by atoms with Gasteiger partial charge in [0.25, 0.3) is 0 Å². The summed E-state index contributed by atoms with van der Waals surface area (Å²) in [6.45, 7) is 0. The zero-order valence-electron chi connectivity index (χ0n) is 58.1. The van der Waals surface area contributed by atoms with Crippen molar-refractivity contribution in [3.8, 4) is 90.1 Å². The first-order valence-electron chi connectivity index (χ1n) is 35.6. The van der Waals surface area contributed by atoms with Gasteiger partial charge >= 0.3 is 14.8 Å². The van der Waals surface area contributed by atoms with Crippen LogP contribution >= 0.6 is 15.9 Å². The Morgan fingerprint density at radius 1 is 0.259 bits per heavy atom. The SMILES string of the molecule is Brc1ccc(-n2c3ccccc3c3ccccc32)cc1.O[B]Oc1ccc(-c2nc3ccccc3nc2-c2ccc(B(O)O)cc2)cc1.c1ccc2nc(-c3ccc(-c4ccc(-n5c6ccccc6c6ccccc65)cc4)cc3)c(-c3ccc(-c4ccc(-n5c6ccccc6c6ccccc65)cc4)cc3)nc2c1. The Kier molecular flexibility index (Phi) is 17.9. The van der Waals surface area contributed by atoms with Crippen LogP contribution in [0.25, 0.3) is 172 Å². The third-order valence-electron chi connectivity index (χ3n) is 20.0. The maximum atomic E-state index is 9.32. The van der Waals surface area contributed by atoms with E-state index in [0.717, 1.165) is 93.8 Å². The zero-order chi connectivity index (χ0) is 72.6. The molecule has 5 aromatic heterocycles. The summed E-state index contributed by atoms with van der Waals surface area (Å²) in [7, 11) is -0.889. The summed E-state index contributed by atoms with van der Waals surface area (Å²) >= 11 is 3.50. The predicted molar refractivity (Wildman–Crippen MR) is 447 cm³/mol. The largest absolute Gasteiger partial charge is 0.569 e. The second kappa shape index (κ2) is 29.0. The second-order valence-corrected chi connectivity index (χ2v) is 27.3. The first-order valence-corrected chi connectivity index (χ1v) is 36.4. The van der Waals surface area contributed by atoms with Gasteiger partial charge in [0.05, 0.1) is 77.9 Å². The highest BCUT2D eigenvalue weighted by Gasteiger charge is 2.20. The molecule has 0 saturated carbocycles. The van der Waals surface area contributed by atoms with E-state index in [1.54, 1.807) is 36.4 Å². The Morgan fingerprint density at radius 3 is 0.750 bits per heavy atom. The van der Waals surface area contributed by atoms with Crippen LogP contribution in [0.15, 0.2) is 368 Å². The van der Waals surface area contributed by atoms with Crippen molar-refractivity contribution in [3.05, 3.63) is 368 Å². The van der Waals surface area contributed by atoms with Crippen LogP contribution in [-0.2, 0) is 0 Å². The third kappa shape index (κ3) is 12.7. The van der Waals surface area contributed by atoms with E-state index in [0.29, 0.717) is 30.3 Å². The maximum Gasteiger partial charge on any atom is 0.569 e. The molecule has 0 fully saturated rings. The van der Waals surface area contributed by atoms with Gasteiger partial charge in [-0.1, -0.05) is 246 Å². The first-order chi connectivity index (χ1) is 53.2. The van der Waals surface area contributed by atoms with E-state index in [4.69, 9.17) is 29.6 Å². The molecule has 5 heterocycles. The minimum atomic E-state index is -1.52. The van der Waals surface area contributed by atoms with Gasteiger partial charge in [-0.2, -0.15) is 0 Å². The Hall–Kier alpha value is -13.3. The summed E-state index contributed by atoms with van der Waals surface area (Å²) in [5, 5.41) is 35.1. The van der Waals surface area contributed by atoms with Crippen molar-refractivity contribution in [1.29, 1.82) is 0 Å². The van der Waals surface area contributed by atoms with Crippen LogP contribution in [0.1, 0.15) is 0 Å². The van der Waals surface area contributed by atoms with Crippen molar-refractivity contribution < 1.29 is 19.7 Å². The topological polar surface area (TPSA) is 136 Å². The molecule has 0 aliphatic rings. The van der Waals surface area contributed by atoms with Crippen LogP contribution < -0.4 is 10.1 Å². The molecular weight excluding hydrogens is 1390 g/mol. The van der Waals surface area contributed by atoms with E-state index >= 15 is 0 Å². The molecule has 0 amide bonds. The van der Waals surface area contributed by atoms with E-state index in [2.05, 4.69) is 297 Å². The molecular formula is C94H63B2BrN7O4. The average Bonchev–Trinajstić information content (AvgIpc) is 1.58. The van der Waals surface area contributed by atoms with Gasteiger partial charge in [-0.15, -0.1) is 0 Å². The lowest BCUT2D eigenvalue weighted by Gasteiger charge is -2.13. The van der Waals surface area contributed by atoms with Gasteiger partial charge in [-0.05, 0) is 161 Å². The number of fused-ring (bicyclic) bond motifs is 11. The second-order valence-electron chi connectivity index (χ2n) is 26.4. The summed E-state index contributed by atoms with van der Waals surface area (Å²) in [5.41, 5.74) is 25.9. The lowest BCUT2D eigenvalue weighted by atomic mass is 9.80. The van der Waals surface area contributed by atoms with Crippen molar-refractivity contribution in [2.75, 3.05) is 0 Å². The predicted octanol–water partition coefficient (Wildman–Crippen LogP) is 21.6. The van der Waals surface area contributed by atoms with Gasteiger partial charge in [0.2, 0.25) is 0 Å². The summed E-state index contributed by atoms with van der Waals surface area (Å²) in [4.78, 5) is 20.0. The van der Waals surface area contributed by atoms with Crippen LogP contribution in [0.2, 0.25) is 0 Å². The fourth-order valence-corrected chi connectivity index (χ4v) is 15.1. The molecule has 20 aromatic rings. The van der Waals surface area contributed by atoms with Crippen molar-refractivity contribution in [1.82, 2.24) is 33.6 Å². The normalized spacial score (nSPS) is 11.3. The average molecular weight is 1460 g/mol.